The Morgan fingerprint density at radius 3 is 2.16 bits per heavy atom. The highest BCUT2D eigenvalue weighted by atomic mass is 16.6. The fourth-order valence-corrected chi connectivity index (χ4v) is 4.64. The zero-order valence-electron chi connectivity index (χ0n) is 15.3. The molecule has 2 aliphatic heterocycles. The molecule has 3 N–H and O–H groups in total. The van der Waals surface area contributed by atoms with Crippen LogP contribution >= 0.6 is 0 Å². The Kier molecular flexibility index (Phi) is 4.19. The van der Waals surface area contributed by atoms with Crippen LogP contribution in [0.2, 0.25) is 0 Å². The molecule has 0 radical (unpaired) electrons. The van der Waals surface area contributed by atoms with Gasteiger partial charge >= 0.3 is 6.03 Å². The van der Waals surface area contributed by atoms with Crippen LogP contribution in [0.1, 0.15) is 34.6 Å². The monoisotopic (exact) mass is 356 g/mol. The van der Waals surface area contributed by atoms with Crippen LogP contribution in [0.4, 0.5) is 4.79 Å². The first-order chi connectivity index (χ1) is 11.5. The van der Waals surface area contributed by atoms with E-state index in [2.05, 4.69) is 0 Å². The highest BCUT2D eigenvalue weighted by Crippen LogP contribution is 2.64. The summed E-state index contributed by atoms with van der Waals surface area (Å²) >= 11 is 0. The third kappa shape index (κ3) is 2.14. The number of hydrogen-bond donors (Lipinski definition) is 3. The lowest BCUT2D eigenvalue weighted by Gasteiger charge is -2.69. The van der Waals surface area contributed by atoms with Crippen molar-refractivity contribution in [2.45, 2.75) is 65.2 Å². The zero-order chi connectivity index (χ0) is 18.9. The number of imide groups is 1. The molecule has 142 valence electrons. The van der Waals surface area contributed by atoms with E-state index >= 15 is 0 Å². The van der Waals surface area contributed by atoms with Crippen LogP contribution in [0.3, 0.4) is 0 Å². The van der Waals surface area contributed by atoms with Gasteiger partial charge in [0.1, 0.15) is 18.3 Å². The third-order valence-corrected chi connectivity index (χ3v) is 6.88. The zero-order valence-corrected chi connectivity index (χ0v) is 15.3. The minimum absolute atomic E-state index is 0.204. The summed E-state index contributed by atoms with van der Waals surface area (Å²) < 4.78 is 5.60. The van der Waals surface area contributed by atoms with Gasteiger partial charge in [-0.2, -0.15) is 0 Å². The predicted octanol–water partition coefficient (Wildman–Crippen LogP) is -0.240. The summed E-state index contributed by atoms with van der Waals surface area (Å²) in [4.78, 5) is 28.4. The van der Waals surface area contributed by atoms with Crippen molar-refractivity contribution in [2.24, 2.45) is 16.7 Å². The molecule has 8 nitrogen and oxygen atoms in total. The van der Waals surface area contributed by atoms with Gasteiger partial charge in [-0.25, -0.2) is 4.79 Å². The summed E-state index contributed by atoms with van der Waals surface area (Å²) in [6.45, 7) is 9.48. The number of fused-ring (bicyclic) bond motifs is 1. The molecule has 2 heterocycles. The van der Waals surface area contributed by atoms with Crippen molar-refractivity contribution in [3.63, 3.8) is 0 Å². The molecule has 0 aromatic rings. The van der Waals surface area contributed by atoms with E-state index in [1.54, 1.807) is 6.92 Å². The van der Waals surface area contributed by atoms with Crippen molar-refractivity contribution in [3.8, 4) is 0 Å². The molecule has 2 saturated heterocycles. The minimum atomic E-state index is -1.34. The van der Waals surface area contributed by atoms with Crippen LogP contribution in [-0.2, 0) is 9.53 Å². The Hall–Kier alpha value is -1.22. The van der Waals surface area contributed by atoms with Crippen molar-refractivity contribution in [1.29, 1.82) is 0 Å². The van der Waals surface area contributed by atoms with Gasteiger partial charge in [-0.15, -0.1) is 0 Å². The van der Waals surface area contributed by atoms with Crippen molar-refractivity contribution in [1.82, 2.24) is 9.80 Å². The van der Waals surface area contributed by atoms with E-state index in [9.17, 15) is 24.9 Å². The van der Waals surface area contributed by atoms with Crippen molar-refractivity contribution < 1.29 is 29.6 Å². The molecule has 8 heteroatoms. The fourth-order valence-electron chi connectivity index (χ4n) is 4.64. The molecule has 0 bridgehead atoms. The predicted molar refractivity (Wildman–Crippen MR) is 87.2 cm³/mol. The van der Waals surface area contributed by atoms with E-state index in [-0.39, 0.29) is 23.3 Å². The fraction of sp³-hybridized carbons (Fsp3) is 0.882. The smallest absolute Gasteiger partial charge is 0.329 e. The number of rotatable bonds is 3. The molecule has 0 unspecified atom stereocenters. The van der Waals surface area contributed by atoms with Crippen molar-refractivity contribution in [3.05, 3.63) is 0 Å². The van der Waals surface area contributed by atoms with Gasteiger partial charge in [0.2, 0.25) is 5.91 Å². The van der Waals surface area contributed by atoms with E-state index < -0.39 is 49.1 Å². The first-order valence-corrected chi connectivity index (χ1v) is 8.78. The molecule has 3 fully saturated rings. The molecule has 6 atom stereocenters. The Morgan fingerprint density at radius 1 is 1.08 bits per heavy atom. The largest absolute Gasteiger partial charge is 0.394 e. The van der Waals surface area contributed by atoms with Crippen LogP contribution in [0.5, 0.6) is 0 Å². The molecule has 3 rings (SSSR count). The van der Waals surface area contributed by atoms with Crippen LogP contribution in [-0.4, -0.2) is 80.8 Å². The Balaban J connectivity index is 2.02. The summed E-state index contributed by atoms with van der Waals surface area (Å²) in [5.41, 5.74) is -0.714. The molecule has 0 aromatic heterocycles. The maximum absolute atomic E-state index is 13.0. The number of urea groups is 1. The lowest BCUT2D eigenvalue weighted by molar-refractivity contribution is -0.230. The second-order valence-electron chi connectivity index (χ2n) is 8.37. The molecule has 1 saturated carbocycles. The van der Waals surface area contributed by atoms with E-state index in [1.807, 2.05) is 27.7 Å². The van der Waals surface area contributed by atoms with E-state index in [0.717, 1.165) is 0 Å². The van der Waals surface area contributed by atoms with Crippen molar-refractivity contribution in [2.75, 3.05) is 13.2 Å². The topological polar surface area (TPSA) is 111 Å². The van der Waals surface area contributed by atoms with Crippen LogP contribution in [0.25, 0.3) is 0 Å². The minimum Gasteiger partial charge on any atom is -0.394 e. The number of hydrogen-bond acceptors (Lipinski definition) is 6. The summed E-state index contributed by atoms with van der Waals surface area (Å²) in [7, 11) is 0. The number of carbonyl (C=O) groups is 2. The van der Waals surface area contributed by atoms with Crippen LogP contribution in [0, 0.1) is 16.7 Å². The highest BCUT2D eigenvalue weighted by Gasteiger charge is 2.72. The lowest BCUT2D eigenvalue weighted by Crippen LogP contribution is -2.80. The molecule has 0 spiro atoms. The first kappa shape index (κ1) is 18.6. The molecule has 1 aliphatic carbocycles. The molecule has 3 amide bonds. The van der Waals surface area contributed by atoms with Crippen LogP contribution < -0.4 is 0 Å². The van der Waals surface area contributed by atoms with Crippen molar-refractivity contribution >= 4 is 11.9 Å². The summed E-state index contributed by atoms with van der Waals surface area (Å²) in [6, 6.07) is -0.957. The number of amides is 3. The molecule has 3 aliphatic rings. The second kappa shape index (κ2) is 5.64. The van der Waals surface area contributed by atoms with Gasteiger partial charge in [-0.1, -0.05) is 27.7 Å². The molecule has 0 aromatic carbocycles. The molecular formula is C17H28N2O6. The maximum Gasteiger partial charge on any atom is 0.329 e. The Bertz CT molecular complexity index is 592. The second-order valence-corrected chi connectivity index (χ2v) is 8.37. The Morgan fingerprint density at radius 2 is 1.68 bits per heavy atom. The molecule has 25 heavy (non-hydrogen) atoms. The standard InChI is InChI=1S/C17H28N2O6/c1-6-18-13(23)9-12(17(4,5)16(9,2)3)19(15(18)24)14-11(22)10(21)8(7-20)25-14/h8-12,14,20-22H,6-7H2,1-5H3/t8-,9-,10-,11-,12-,14-/m1/s1. The third-order valence-electron chi connectivity index (χ3n) is 6.88. The van der Waals surface area contributed by atoms with Gasteiger partial charge in [-0.3, -0.25) is 14.6 Å². The number of carbonyl (C=O) groups excluding carboxylic acids is 2. The van der Waals surface area contributed by atoms with E-state index in [1.165, 1.54) is 9.80 Å². The summed E-state index contributed by atoms with van der Waals surface area (Å²) in [5, 5.41) is 29.8. The van der Waals surface area contributed by atoms with Gasteiger partial charge in [-0.05, 0) is 17.8 Å². The van der Waals surface area contributed by atoms with Gasteiger partial charge in [0.15, 0.2) is 6.23 Å². The average Bonchev–Trinajstić information content (AvgIpc) is 2.82. The quantitative estimate of drug-likeness (QED) is 0.644. The SMILES string of the molecule is CCN1C(=O)[C@H]2[C@@H](N([C@@H]3O[C@H](CO)[C@@H](O)[C@H]3O)C1=O)C(C)(C)C2(C)C. The van der Waals surface area contributed by atoms with Gasteiger partial charge < -0.3 is 20.1 Å². The number of aliphatic hydroxyl groups excluding tert-OH is 3. The summed E-state index contributed by atoms with van der Waals surface area (Å²) in [6.07, 6.45) is -4.68. The van der Waals surface area contributed by atoms with Gasteiger partial charge in [0.25, 0.3) is 0 Å². The average molecular weight is 356 g/mol. The number of nitrogens with zero attached hydrogens (tertiary/aromatic N) is 2. The lowest BCUT2D eigenvalue weighted by atomic mass is 9.42. The van der Waals surface area contributed by atoms with E-state index in [0.29, 0.717) is 0 Å². The van der Waals surface area contributed by atoms with E-state index in [4.69, 9.17) is 4.74 Å². The highest BCUT2D eigenvalue weighted by molar-refractivity contribution is 6.00. The normalized spacial score (nSPS) is 42.4. The number of ether oxygens (including phenoxy) is 1. The Labute approximate surface area is 147 Å². The van der Waals surface area contributed by atoms with Gasteiger partial charge in [0.05, 0.1) is 18.6 Å². The van der Waals surface area contributed by atoms with Crippen LogP contribution in [0.15, 0.2) is 0 Å². The first-order valence-electron chi connectivity index (χ1n) is 8.78. The molecular weight excluding hydrogens is 328 g/mol. The summed E-state index contributed by atoms with van der Waals surface area (Å²) in [5.74, 6) is -0.605. The maximum atomic E-state index is 13.0. The number of aliphatic hydroxyl groups is 3. The van der Waals surface area contributed by atoms with Gasteiger partial charge in [0, 0.05) is 6.54 Å².